The summed E-state index contributed by atoms with van der Waals surface area (Å²) in [6.07, 6.45) is -0.585. The van der Waals surface area contributed by atoms with Gasteiger partial charge in [-0.1, -0.05) is 15.9 Å². The smallest absolute Gasteiger partial charge is 0.417 e. The average Bonchev–Trinajstić information content (AvgIpc) is 2.73. The van der Waals surface area contributed by atoms with Gasteiger partial charge in [-0.05, 0) is 24.3 Å². The molecular weight excluding hydrogens is 340 g/mol. The Balaban J connectivity index is 1.53. The number of cyclic esters (lactones) is 1. The fourth-order valence-corrected chi connectivity index (χ4v) is 2.71. The predicted octanol–water partition coefficient (Wildman–Crippen LogP) is 1.50. The Morgan fingerprint density at radius 1 is 1.24 bits per heavy atom. The molecule has 2 aliphatic rings. The van der Waals surface area contributed by atoms with Crippen molar-refractivity contribution in [2.24, 2.45) is 5.92 Å². The molecule has 110 valence electrons. The highest BCUT2D eigenvalue weighted by Gasteiger charge is 2.38. The summed E-state index contributed by atoms with van der Waals surface area (Å²) in [5.74, 6) is -0.217. The van der Waals surface area contributed by atoms with E-state index in [2.05, 4.69) is 20.7 Å². The summed E-state index contributed by atoms with van der Waals surface area (Å²) in [5.41, 5.74) is 0.633. The molecule has 0 aromatic heterocycles. The minimum absolute atomic E-state index is 0.0333. The second-order valence-electron chi connectivity index (χ2n) is 5.14. The average molecular weight is 353 g/mol. The maximum atomic E-state index is 12.2. The zero-order chi connectivity index (χ0) is 15.0. The molecular formula is C14H13BrN2O4. The number of amides is 3. The van der Waals surface area contributed by atoms with Crippen molar-refractivity contribution in [2.75, 3.05) is 26.2 Å². The lowest BCUT2D eigenvalue weighted by molar-refractivity contribution is -0.126. The van der Waals surface area contributed by atoms with Crippen molar-refractivity contribution in [1.82, 2.24) is 9.80 Å². The quantitative estimate of drug-likeness (QED) is 0.826. The van der Waals surface area contributed by atoms with Crippen molar-refractivity contribution < 1.29 is 19.1 Å². The van der Waals surface area contributed by atoms with E-state index in [1.54, 1.807) is 17.0 Å². The number of rotatable bonds is 3. The first-order valence-electron chi connectivity index (χ1n) is 6.56. The van der Waals surface area contributed by atoms with E-state index in [-0.39, 0.29) is 24.3 Å². The molecule has 0 unspecified atom stereocenters. The van der Waals surface area contributed by atoms with Gasteiger partial charge in [0, 0.05) is 35.6 Å². The second-order valence-corrected chi connectivity index (χ2v) is 6.06. The number of carbonyl (C=O) groups excluding carboxylic acids is 3. The number of hydrogen-bond acceptors (Lipinski definition) is 4. The molecule has 3 rings (SSSR count). The molecule has 21 heavy (non-hydrogen) atoms. The summed E-state index contributed by atoms with van der Waals surface area (Å²) in [5, 5.41) is 0. The van der Waals surface area contributed by atoms with E-state index in [4.69, 9.17) is 0 Å². The third kappa shape index (κ3) is 2.78. The summed E-state index contributed by atoms with van der Waals surface area (Å²) < 4.78 is 5.58. The third-order valence-electron chi connectivity index (χ3n) is 3.62. The highest BCUT2D eigenvalue weighted by molar-refractivity contribution is 9.10. The molecule has 0 aliphatic carbocycles. The number of ether oxygens (including phenoxy) is 1. The van der Waals surface area contributed by atoms with E-state index in [9.17, 15) is 14.4 Å². The molecule has 0 bridgehead atoms. The zero-order valence-corrected chi connectivity index (χ0v) is 12.7. The summed E-state index contributed by atoms with van der Waals surface area (Å²) >= 11 is 3.33. The summed E-state index contributed by atoms with van der Waals surface area (Å²) in [6.45, 7) is 1.24. The lowest BCUT2D eigenvalue weighted by atomic mass is 9.98. The molecule has 0 saturated carbocycles. The van der Waals surface area contributed by atoms with Crippen molar-refractivity contribution >= 4 is 33.8 Å². The Kier molecular flexibility index (Phi) is 3.67. The number of carbonyl (C=O) groups is 3. The van der Waals surface area contributed by atoms with Gasteiger partial charge in [-0.25, -0.2) is 9.69 Å². The van der Waals surface area contributed by atoms with E-state index in [1.807, 2.05) is 12.1 Å². The van der Waals surface area contributed by atoms with Crippen LogP contribution in [0.5, 0.6) is 0 Å². The fraction of sp³-hybridized carbons (Fsp3) is 0.357. The monoisotopic (exact) mass is 352 g/mol. The second kappa shape index (κ2) is 5.48. The molecule has 0 radical (unpaired) electrons. The van der Waals surface area contributed by atoms with Crippen LogP contribution in [-0.2, 0) is 9.53 Å². The molecule has 0 N–H and O–H groups in total. The third-order valence-corrected chi connectivity index (χ3v) is 4.15. The van der Waals surface area contributed by atoms with E-state index in [1.165, 1.54) is 0 Å². The van der Waals surface area contributed by atoms with Crippen LogP contribution < -0.4 is 0 Å². The van der Waals surface area contributed by atoms with Crippen molar-refractivity contribution in [1.29, 1.82) is 0 Å². The van der Waals surface area contributed by atoms with E-state index < -0.39 is 6.09 Å². The largest absolute Gasteiger partial charge is 0.439 e. The standard InChI is InChI=1S/C14H13BrN2O4/c15-11-3-1-10(2-4-11)13(19)16-5-9(6-16)7-17-12(18)8-21-14(17)20/h1-4,9H,5-8H2. The number of nitrogens with zero attached hydrogens (tertiary/aromatic N) is 2. The fourth-order valence-electron chi connectivity index (χ4n) is 2.44. The van der Waals surface area contributed by atoms with E-state index in [0.29, 0.717) is 25.2 Å². The van der Waals surface area contributed by atoms with Crippen LogP contribution in [0.15, 0.2) is 28.7 Å². The summed E-state index contributed by atoms with van der Waals surface area (Å²) in [4.78, 5) is 37.8. The van der Waals surface area contributed by atoms with Gasteiger partial charge in [0.15, 0.2) is 6.61 Å². The van der Waals surface area contributed by atoms with Crippen LogP contribution in [0.1, 0.15) is 10.4 Å². The Morgan fingerprint density at radius 3 is 2.48 bits per heavy atom. The first-order chi connectivity index (χ1) is 10.0. The van der Waals surface area contributed by atoms with Gasteiger partial charge in [-0.15, -0.1) is 0 Å². The van der Waals surface area contributed by atoms with E-state index >= 15 is 0 Å². The molecule has 1 aromatic carbocycles. The predicted molar refractivity (Wildman–Crippen MR) is 76.6 cm³/mol. The molecule has 1 aromatic rings. The van der Waals surface area contributed by atoms with Crippen LogP contribution in [0.3, 0.4) is 0 Å². The van der Waals surface area contributed by atoms with Gasteiger partial charge in [0.25, 0.3) is 11.8 Å². The molecule has 0 atom stereocenters. The van der Waals surface area contributed by atoms with Gasteiger partial charge in [0.2, 0.25) is 0 Å². The van der Waals surface area contributed by atoms with Crippen LogP contribution in [0.4, 0.5) is 4.79 Å². The van der Waals surface area contributed by atoms with Gasteiger partial charge in [-0.3, -0.25) is 9.59 Å². The topological polar surface area (TPSA) is 66.9 Å². The highest BCUT2D eigenvalue weighted by Crippen LogP contribution is 2.22. The SMILES string of the molecule is O=C(c1ccc(Br)cc1)N1CC(CN2C(=O)COC2=O)C1. The Morgan fingerprint density at radius 2 is 1.90 bits per heavy atom. The van der Waals surface area contributed by atoms with Crippen LogP contribution in [0, 0.1) is 5.92 Å². The number of imide groups is 1. The van der Waals surface area contributed by atoms with Crippen LogP contribution in [0.25, 0.3) is 0 Å². The molecule has 2 aliphatic heterocycles. The number of benzene rings is 1. The highest BCUT2D eigenvalue weighted by atomic mass is 79.9. The van der Waals surface area contributed by atoms with Crippen molar-refractivity contribution in [2.45, 2.75) is 0 Å². The Labute approximate surface area is 129 Å². The van der Waals surface area contributed by atoms with Crippen LogP contribution in [-0.4, -0.2) is 53.9 Å². The summed E-state index contributed by atoms with van der Waals surface area (Å²) in [7, 11) is 0. The first-order valence-corrected chi connectivity index (χ1v) is 7.36. The molecule has 6 nitrogen and oxygen atoms in total. The van der Waals surface area contributed by atoms with Gasteiger partial charge in [0.1, 0.15) is 0 Å². The van der Waals surface area contributed by atoms with Gasteiger partial charge in [0.05, 0.1) is 0 Å². The number of likely N-dealkylation sites (tertiary alicyclic amines) is 1. The lowest BCUT2D eigenvalue weighted by Crippen LogP contribution is -2.54. The molecule has 2 fully saturated rings. The Hall–Kier alpha value is -1.89. The van der Waals surface area contributed by atoms with Crippen molar-refractivity contribution in [3.05, 3.63) is 34.3 Å². The minimum Gasteiger partial charge on any atom is -0.439 e. The Bertz CT molecular complexity index is 579. The maximum absolute atomic E-state index is 12.2. The maximum Gasteiger partial charge on any atom is 0.417 e. The lowest BCUT2D eigenvalue weighted by Gasteiger charge is -2.40. The molecule has 3 amide bonds. The van der Waals surface area contributed by atoms with E-state index in [0.717, 1.165) is 9.37 Å². The minimum atomic E-state index is -0.585. The van der Waals surface area contributed by atoms with Crippen molar-refractivity contribution in [3.63, 3.8) is 0 Å². The molecule has 0 spiro atoms. The van der Waals surface area contributed by atoms with Gasteiger partial charge in [-0.2, -0.15) is 0 Å². The van der Waals surface area contributed by atoms with Crippen LogP contribution in [0.2, 0.25) is 0 Å². The number of hydrogen-bond donors (Lipinski definition) is 0. The zero-order valence-electron chi connectivity index (χ0n) is 11.1. The normalized spacial score (nSPS) is 18.7. The summed E-state index contributed by atoms with van der Waals surface area (Å²) in [6, 6.07) is 7.18. The number of halogens is 1. The van der Waals surface area contributed by atoms with Crippen LogP contribution >= 0.6 is 15.9 Å². The molecule has 2 heterocycles. The molecule has 2 saturated heterocycles. The first kappa shape index (κ1) is 14.1. The van der Waals surface area contributed by atoms with Crippen molar-refractivity contribution in [3.8, 4) is 0 Å². The molecule has 7 heteroatoms. The van der Waals surface area contributed by atoms with Gasteiger partial charge >= 0.3 is 6.09 Å². The van der Waals surface area contributed by atoms with Gasteiger partial charge < -0.3 is 9.64 Å².